The number of thiophene rings is 1. The van der Waals surface area contributed by atoms with Gasteiger partial charge in [-0.1, -0.05) is 0 Å². The van der Waals surface area contributed by atoms with Crippen molar-refractivity contribution in [2.75, 3.05) is 26.4 Å². The van der Waals surface area contributed by atoms with Gasteiger partial charge in [0.15, 0.2) is 0 Å². The summed E-state index contributed by atoms with van der Waals surface area (Å²) in [7, 11) is 0. The van der Waals surface area contributed by atoms with Crippen molar-refractivity contribution in [3.05, 3.63) is 28.0 Å². The molecule has 0 radical (unpaired) electrons. The largest absolute Gasteiger partial charge is 0.394 e. The number of carbonyl (C=O) groups is 1. The van der Waals surface area contributed by atoms with Crippen LogP contribution in [0.3, 0.4) is 0 Å². The minimum absolute atomic E-state index is 0.0579. The average Bonchev–Trinajstić information content (AvgIpc) is 2.81. The lowest BCUT2D eigenvalue weighted by Gasteiger charge is -2.33. The maximum atomic E-state index is 12.1. The zero-order valence-corrected chi connectivity index (χ0v) is 11.2. The topological polar surface area (TPSA) is 49.8 Å². The molecule has 0 aromatic carbocycles. The molecule has 1 aromatic heterocycles. The lowest BCUT2D eigenvalue weighted by molar-refractivity contribution is -0.136. The molecule has 2 rings (SSSR count). The van der Waals surface area contributed by atoms with Crippen LogP contribution in [0.5, 0.6) is 0 Å². The second kappa shape index (κ2) is 6.13. The molecule has 1 N–H and O–H groups in total. The lowest BCUT2D eigenvalue weighted by atomic mass is 10.2. The Labute approximate surface area is 110 Å². The molecule has 1 aromatic rings. The highest BCUT2D eigenvalue weighted by atomic mass is 32.1. The van der Waals surface area contributed by atoms with E-state index in [0.717, 1.165) is 4.88 Å². The summed E-state index contributed by atoms with van der Waals surface area (Å²) in [5.74, 6) is -0.0647. The molecule has 1 amide bonds. The SMILES string of the molecule is Cc1ccsc1/C=C/C(=O)N1CCOCC1CO. The summed E-state index contributed by atoms with van der Waals surface area (Å²) in [6.07, 6.45) is 3.42. The maximum Gasteiger partial charge on any atom is 0.247 e. The fourth-order valence-electron chi connectivity index (χ4n) is 1.89. The summed E-state index contributed by atoms with van der Waals surface area (Å²) in [5, 5.41) is 11.2. The second-order valence-electron chi connectivity index (χ2n) is 4.24. The molecule has 0 aliphatic carbocycles. The Morgan fingerprint density at radius 3 is 3.22 bits per heavy atom. The number of rotatable bonds is 3. The molecule has 1 aliphatic heterocycles. The van der Waals surface area contributed by atoms with Crippen molar-refractivity contribution in [2.24, 2.45) is 0 Å². The summed E-state index contributed by atoms with van der Waals surface area (Å²) in [6, 6.07) is 1.81. The van der Waals surface area contributed by atoms with Crippen LogP contribution < -0.4 is 0 Å². The molecule has 1 fully saturated rings. The predicted octanol–water partition coefficient (Wildman–Crippen LogP) is 1.29. The first-order valence-electron chi connectivity index (χ1n) is 5.93. The van der Waals surface area contributed by atoms with E-state index in [-0.39, 0.29) is 18.6 Å². The Kier molecular flexibility index (Phi) is 4.52. The van der Waals surface area contributed by atoms with Crippen molar-refractivity contribution < 1.29 is 14.6 Å². The molecule has 2 heterocycles. The monoisotopic (exact) mass is 267 g/mol. The van der Waals surface area contributed by atoms with Crippen LogP contribution in [0, 0.1) is 6.92 Å². The molecule has 0 spiro atoms. The smallest absolute Gasteiger partial charge is 0.247 e. The van der Waals surface area contributed by atoms with Gasteiger partial charge < -0.3 is 14.7 Å². The van der Waals surface area contributed by atoms with Crippen molar-refractivity contribution >= 4 is 23.3 Å². The van der Waals surface area contributed by atoms with Gasteiger partial charge in [-0.25, -0.2) is 0 Å². The van der Waals surface area contributed by atoms with Gasteiger partial charge in [0.1, 0.15) is 0 Å². The van der Waals surface area contributed by atoms with Crippen LogP contribution in [0.15, 0.2) is 17.5 Å². The van der Waals surface area contributed by atoms with Crippen molar-refractivity contribution in [1.82, 2.24) is 4.90 Å². The van der Waals surface area contributed by atoms with E-state index >= 15 is 0 Å². The molecule has 18 heavy (non-hydrogen) atoms. The minimum atomic E-state index is -0.222. The molecule has 98 valence electrons. The summed E-state index contributed by atoms with van der Waals surface area (Å²) in [4.78, 5) is 14.8. The Hall–Kier alpha value is -1.17. The van der Waals surface area contributed by atoms with E-state index < -0.39 is 0 Å². The van der Waals surface area contributed by atoms with Gasteiger partial charge in [-0.15, -0.1) is 11.3 Å². The van der Waals surface area contributed by atoms with Crippen molar-refractivity contribution in [3.8, 4) is 0 Å². The van der Waals surface area contributed by atoms with E-state index in [4.69, 9.17) is 4.74 Å². The average molecular weight is 267 g/mol. The molecule has 0 bridgehead atoms. The van der Waals surface area contributed by atoms with E-state index in [2.05, 4.69) is 0 Å². The third kappa shape index (κ3) is 2.98. The number of aryl methyl sites for hydroxylation is 1. The molecule has 0 saturated carbocycles. The first kappa shape index (κ1) is 13.3. The predicted molar refractivity (Wildman–Crippen MR) is 71.5 cm³/mol. The first-order chi connectivity index (χ1) is 8.72. The Bertz CT molecular complexity index is 441. The third-order valence-corrected chi connectivity index (χ3v) is 3.98. The quantitative estimate of drug-likeness (QED) is 0.840. The highest BCUT2D eigenvalue weighted by molar-refractivity contribution is 7.11. The number of hydrogen-bond acceptors (Lipinski definition) is 4. The van der Waals surface area contributed by atoms with E-state index in [9.17, 15) is 9.90 Å². The van der Waals surface area contributed by atoms with Crippen LogP contribution in [-0.2, 0) is 9.53 Å². The number of nitrogens with zero attached hydrogens (tertiary/aromatic N) is 1. The van der Waals surface area contributed by atoms with E-state index in [1.807, 2.05) is 24.4 Å². The molecule has 1 aliphatic rings. The maximum absolute atomic E-state index is 12.1. The van der Waals surface area contributed by atoms with Crippen molar-refractivity contribution in [1.29, 1.82) is 0 Å². The summed E-state index contributed by atoms with van der Waals surface area (Å²) in [5.41, 5.74) is 1.17. The second-order valence-corrected chi connectivity index (χ2v) is 5.19. The summed E-state index contributed by atoms with van der Waals surface area (Å²) in [6.45, 7) is 3.45. The van der Waals surface area contributed by atoms with Gasteiger partial charge in [0.05, 0.1) is 25.9 Å². The van der Waals surface area contributed by atoms with Crippen LogP contribution in [0.1, 0.15) is 10.4 Å². The van der Waals surface area contributed by atoms with Crippen LogP contribution >= 0.6 is 11.3 Å². The molecule has 4 nitrogen and oxygen atoms in total. The van der Waals surface area contributed by atoms with Gasteiger partial charge in [0.25, 0.3) is 0 Å². The number of aliphatic hydroxyl groups is 1. The van der Waals surface area contributed by atoms with E-state index in [1.54, 1.807) is 22.3 Å². The molecule has 5 heteroatoms. The lowest BCUT2D eigenvalue weighted by Crippen LogP contribution is -2.49. The van der Waals surface area contributed by atoms with Crippen LogP contribution in [-0.4, -0.2) is 48.3 Å². The number of morpholine rings is 1. The Balaban J connectivity index is 2.02. The molecular formula is C13H17NO3S. The van der Waals surface area contributed by atoms with Crippen LogP contribution in [0.4, 0.5) is 0 Å². The van der Waals surface area contributed by atoms with Gasteiger partial charge in [-0.3, -0.25) is 4.79 Å². The highest BCUT2D eigenvalue weighted by Gasteiger charge is 2.25. The summed E-state index contributed by atoms with van der Waals surface area (Å²) >= 11 is 1.61. The molecule has 1 atom stereocenters. The fraction of sp³-hybridized carbons (Fsp3) is 0.462. The normalized spacial score (nSPS) is 20.6. The van der Waals surface area contributed by atoms with Gasteiger partial charge >= 0.3 is 0 Å². The standard InChI is InChI=1S/C13H17NO3S/c1-10-4-7-18-12(10)2-3-13(16)14-5-6-17-9-11(14)8-15/h2-4,7,11,15H,5-6,8-9H2,1H3/b3-2+. The zero-order valence-electron chi connectivity index (χ0n) is 10.3. The number of aliphatic hydroxyl groups excluding tert-OH is 1. The Morgan fingerprint density at radius 1 is 1.72 bits per heavy atom. The van der Waals surface area contributed by atoms with Gasteiger partial charge in [-0.2, -0.15) is 0 Å². The molecular weight excluding hydrogens is 250 g/mol. The van der Waals surface area contributed by atoms with E-state index in [1.165, 1.54) is 5.56 Å². The third-order valence-electron chi connectivity index (χ3n) is 3.00. The van der Waals surface area contributed by atoms with Crippen LogP contribution in [0.2, 0.25) is 0 Å². The van der Waals surface area contributed by atoms with Crippen molar-refractivity contribution in [3.63, 3.8) is 0 Å². The van der Waals surface area contributed by atoms with Gasteiger partial charge in [-0.05, 0) is 30.0 Å². The van der Waals surface area contributed by atoms with Gasteiger partial charge in [0, 0.05) is 17.5 Å². The molecule has 1 saturated heterocycles. The van der Waals surface area contributed by atoms with E-state index in [0.29, 0.717) is 19.8 Å². The fourth-order valence-corrected chi connectivity index (χ4v) is 2.71. The number of hydrogen-bond donors (Lipinski definition) is 1. The molecule has 1 unspecified atom stereocenters. The minimum Gasteiger partial charge on any atom is -0.394 e. The number of amides is 1. The Morgan fingerprint density at radius 2 is 2.56 bits per heavy atom. The number of carbonyl (C=O) groups excluding carboxylic acids is 1. The van der Waals surface area contributed by atoms with Crippen molar-refractivity contribution in [2.45, 2.75) is 13.0 Å². The number of ether oxygens (including phenoxy) is 1. The first-order valence-corrected chi connectivity index (χ1v) is 6.81. The highest BCUT2D eigenvalue weighted by Crippen LogP contribution is 2.17. The summed E-state index contributed by atoms with van der Waals surface area (Å²) < 4.78 is 5.25. The zero-order chi connectivity index (χ0) is 13.0. The van der Waals surface area contributed by atoms with Crippen LogP contribution in [0.25, 0.3) is 6.08 Å². The van der Waals surface area contributed by atoms with Gasteiger partial charge in [0.2, 0.25) is 5.91 Å².